The molecule has 0 aromatic rings. The van der Waals surface area contributed by atoms with Crippen molar-refractivity contribution in [3.05, 3.63) is 29.7 Å². The minimum atomic E-state index is 0.669. The van der Waals surface area contributed by atoms with Gasteiger partial charge >= 0.3 is 0 Å². The van der Waals surface area contributed by atoms with Crippen molar-refractivity contribution >= 4 is 11.6 Å². The van der Waals surface area contributed by atoms with Gasteiger partial charge in [0.2, 0.25) is 0 Å². The van der Waals surface area contributed by atoms with Gasteiger partial charge in [-0.3, -0.25) is 0 Å². The monoisotopic (exact) mass is 111 g/mol. The van der Waals surface area contributed by atoms with E-state index >= 15 is 0 Å². The summed E-state index contributed by atoms with van der Waals surface area (Å²) in [6, 6.07) is 0. The zero-order chi connectivity index (χ0) is 5.11. The van der Waals surface area contributed by atoms with Gasteiger partial charge in [-0.2, -0.15) is 0 Å². The molecule has 0 aromatic carbocycles. The van der Waals surface area contributed by atoms with E-state index in [-0.39, 0.29) is 0 Å². The van der Waals surface area contributed by atoms with Crippen molar-refractivity contribution in [1.82, 2.24) is 0 Å². The molecule has 0 unspecified atom stereocenters. The lowest BCUT2D eigenvalue weighted by Crippen LogP contribution is -1.77. The van der Waals surface area contributed by atoms with E-state index < -0.39 is 0 Å². The van der Waals surface area contributed by atoms with Crippen LogP contribution in [-0.2, 0) is 0 Å². The highest BCUT2D eigenvalue weighted by Gasteiger charge is 1.93. The van der Waals surface area contributed by atoms with Crippen LogP contribution in [-0.4, -0.2) is 0 Å². The Hall–Kier alpha value is -0.230. The summed E-state index contributed by atoms with van der Waals surface area (Å²) >= 11 is 5.48. The third-order valence-electron chi connectivity index (χ3n) is 0.701. The molecule has 0 aliphatic heterocycles. The van der Waals surface area contributed by atoms with E-state index in [1.54, 1.807) is 6.08 Å². The first-order chi connectivity index (χ1) is 3.39. The van der Waals surface area contributed by atoms with Gasteiger partial charge in [0, 0.05) is 11.5 Å². The van der Waals surface area contributed by atoms with Gasteiger partial charge in [-0.1, -0.05) is 17.7 Å². The normalized spacial score (nSPS) is 19.3. The maximum Gasteiger partial charge on any atom is 0.0331 e. The molecule has 0 saturated carbocycles. The minimum Gasteiger partial charge on any atom is -0.0884 e. The van der Waals surface area contributed by atoms with E-state index in [1.165, 1.54) is 0 Å². The Bertz CT molecular complexity index is 111. The van der Waals surface area contributed by atoms with E-state index in [0.29, 0.717) is 5.03 Å². The van der Waals surface area contributed by atoms with Gasteiger partial charge in [0.15, 0.2) is 0 Å². The SMILES string of the molecule is ClC1=C[C]=CC[C]1. The van der Waals surface area contributed by atoms with Crippen LogP contribution < -0.4 is 0 Å². The molecule has 1 rings (SSSR count). The lowest BCUT2D eigenvalue weighted by molar-refractivity contribution is 1.24. The molecule has 0 atom stereocenters. The average Bonchev–Trinajstić information content (AvgIpc) is 1.69. The van der Waals surface area contributed by atoms with Crippen molar-refractivity contribution in [2.75, 3.05) is 0 Å². The second-order valence-electron chi connectivity index (χ2n) is 1.24. The summed E-state index contributed by atoms with van der Waals surface area (Å²) in [5, 5.41) is 0.669. The van der Waals surface area contributed by atoms with Gasteiger partial charge < -0.3 is 0 Å². The summed E-state index contributed by atoms with van der Waals surface area (Å²) in [6.45, 7) is 0. The molecule has 1 aliphatic rings. The quantitative estimate of drug-likeness (QED) is 0.448. The second-order valence-corrected chi connectivity index (χ2v) is 1.65. The first-order valence-electron chi connectivity index (χ1n) is 2.07. The summed E-state index contributed by atoms with van der Waals surface area (Å²) in [7, 11) is 0. The van der Waals surface area contributed by atoms with E-state index in [4.69, 9.17) is 11.6 Å². The third-order valence-corrected chi connectivity index (χ3v) is 0.944. The predicted octanol–water partition coefficient (Wildman–Crippen LogP) is 1.95. The fraction of sp³-hybridized carbons (Fsp3) is 0.167. The van der Waals surface area contributed by atoms with E-state index in [1.807, 2.05) is 6.08 Å². The Morgan fingerprint density at radius 2 is 2.57 bits per heavy atom. The van der Waals surface area contributed by atoms with Gasteiger partial charge in [0.25, 0.3) is 0 Å². The van der Waals surface area contributed by atoms with Crippen LogP contribution in [0.3, 0.4) is 0 Å². The molecule has 35 valence electrons. The van der Waals surface area contributed by atoms with Gasteiger partial charge in [-0.05, 0) is 18.6 Å². The van der Waals surface area contributed by atoms with Crippen LogP contribution in [0, 0.1) is 12.5 Å². The molecular weight excluding hydrogens is 108 g/mol. The smallest absolute Gasteiger partial charge is 0.0331 e. The second kappa shape index (κ2) is 2.17. The molecule has 0 fully saturated rings. The number of rotatable bonds is 0. The summed E-state index contributed by atoms with van der Waals surface area (Å²) in [5.41, 5.74) is 0. The summed E-state index contributed by atoms with van der Waals surface area (Å²) in [4.78, 5) is 0. The third kappa shape index (κ3) is 1.36. The molecule has 0 heterocycles. The van der Waals surface area contributed by atoms with Gasteiger partial charge in [0.1, 0.15) is 0 Å². The lowest BCUT2D eigenvalue weighted by Gasteiger charge is -1.94. The fourth-order valence-electron chi connectivity index (χ4n) is 0.391. The largest absolute Gasteiger partial charge is 0.0884 e. The molecule has 0 nitrogen and oxygen atoms in total. The van der Waals surface area contributed by atoms with E-state index in [2.05, 4.69) is 12.5 Å². The maximum absolute atomic E-state index is 5.48. The highest BCUT2D eigenvalue weighted by atomic mass is 35.5. The lowest BCUT2D eigenvalue weighted by atomic mass is 10.2. The Balaban J connectivity index is 2.57. The summed E-state index contributed by atoms with van der Waals surface area (Å²) in [5.74, 6) is 0. The van der Waals surface area contributed by atoms with Crippen molar-refractivity contribution in [2.45, 2.75) is 6.42 Å². The molecular formula is C6H4Cl. The molecule has 3 radical (unpaired) electrons. The number of hydrogen-bond donors (Lipinski definition) is 0. The number of halogens is 1. The molecule has 0 amide bonds. The summed E-state index contributed by atoms with van der Waals surface area (Å²) < 4.78 is 0. The van der Waals surface area contributed by atoms with Crippen molar-refractivity contribution in [3.63, 3.8) is 0 Å². The van der Waals surface area contributed by atoms with Crippen molar-refractivity contribution in [3.8, 4) is 0 Å². The average molecular weight is 112 g/mol. The van der Waals surface area contributed by atoms with E-state index in [0.717, 1.165) is 6.42 Å². The molecule has 1 heteroatoms. The first kappa shape index (κ1) is 4.92. The van der Waals surface area contributed by atoms with Crippen molar-refractivity contribution < 1.29 is 0 Å². The predicted molar refractivity (Wildman–Crippen MR) is 29.6 cm³/mol. The fourth-order valence-corrected chi connectivity index (χ4v) is 0.531. The van der Waals surface area contributed by atoms with E-state index in [9.17, 15) is 0 Å². The summed E-state index contributed by atoms with van der Waals surface area (Å²) in [6.07, 6.45) is 10.1. The topological polar surface area (TPSA) is 0 Å². The van der Waals surface area contributed by atoms with Crippen LogP contribution in [0.4, 0.5) is 0 Å². The molecule has 0 aromatic heterocycles. The van der Waals surface area contributed by atoms with Crippen LogP contribution in [0.2, 0.25) is 0 Å². The molecule has 0 bridgehead atoms. The van der Waals surface area contributed by atoms with Crippen LogP contribution >= 0.6 is 11.6 Å². The number of allylic oxidation sites excluding steroid dienone is 4. The molecule has 1 aliphatic carbocycles. The molecule has 7 heavy (non-hydrogen) atoms. The van der Waals surface area contributed by atoms with Crippen molar-refractivity contribution in [1.29, 1.82) is 0 Å². The highest BCUT2D eigenvalue weighted by Crippen LogP contribution is 2.12. The molecule has 0 N–H and O–H groups in total. The van der Waals surface area contributed by atoms with Gasteiger partial charge in [0.05, 0.1) is 0 Å². The van der Waals surface area contributed by atoms with Crippen LogP contribution in [0.15, 0.2) is 17.2 Å². The van der Waals surface area contributed by atoms with Crippen LogP contribution in [0.5, 0.6) is 0 Å². The molecule has 0 spiro atoms. The zero-order valence-corrected chi connectivity index (χ0v) is 4.50. The van der Waals surface area contributed by atoms with Gasteiger partial charge in [-0.25, -0.2) is 0 Å². The Morgan fingerprint density at radius 3 is 2.86 bits per heavy atom. The zero-order valence-electron chi connectivity index (χ0n) is 3.74. The van der Waals surface area contributed by atoms with Crippen LogP contribution in [0.1, 0.15) is 6.42 Å². The Kier molecular flexibility index (Phi) is 1.53. The first-order valence-corrected chi connectivity index (χ1v) is 2.44. The standard InChI is InChI=1S/C6H4Cl/c7-6-4-2-1-3-5-6/h1,5H,2H2. The van der Waals surface area contributed by atoms with Gasteiger partial charge in [-0.15, -0.1) is 0 Å². The maximum atomic E-state index is 5.48. The molecule has 0 saturated heterocycles. The van der Waals surface area contributed by atoms with Crippen molar-refractivity contribution in [2.24, 2.45) is 0 Å². The Labute approximate surface area is 48.5 Å². The minimum absolute atomic E-state index is 0.669. The highest BCUT2D eigenvalue weighted by molar-refractivity contribution is 6.30. The van der Waals surface area contributed by atoms with Crippen LogP contribution in [0.25, 0.3) is 0 Å². The number of hydrogen-bond acceptors (Lipinski definition) is 0. The Morgan fingerprint density at radius 1 is 1.71 bits per heavy atom.